The lowest BCUT2D eigenvalue weighted by Gasteiger charge is -2.12. The van der Waals surface area contributed by atoms with Gasteiger partial charge in [0.15, 0.2) is 11.5 Å². The van der Waals surface area contributed by atoms with Crippen LogP contribution in [0.15, 0.2) is 40.3 Å². The number of nitrogens with zero attached hydrogens (tertiary/aromatic N) is 3. The van der Waals surface area contributed by atoms with Crippen molar-refractivity contribution in [3.8, 4) is 17.6 Å². The summed E-state index contributed by atoms with van der Waals surface area (Å²) in [6, 6.07) is 10.6. The van der Waals surface area contributed by atoms with Crippen molar-refractivity contribution in [2.45, 2.75) is 33.4 Å². The van der Waals surface area contributed by atoms with Gasteiger partial charge in [0.25, 0.3) is 0 Å². The van der Waals surface area contributed by atoms with Crippen LogP contribution >= 0.6 is 23.2 Å². The summed E-state index contributed by atoms with van der Waals surface area (Å²) in [5.41, 5.74) is 3.30. The third kappa shape index (κ3) is 5.52. The van der Waals surface area contributed by atoms with E-state index >= 15 is 0 Å². The molecule has 0 bridgehead atoms. The molecule has 0 atom stereocenters. The van der Waals surface area contributed by atoms with Crippen molar-refractivity contribution >= 4 is 46.4 Å². The minimum atomic E-state index is -0.710. The molecule has 0 radical (unpaired) electrons. The second-order valence-corrected chi connectivity index (χ2v) is 7.71. The Morgan fingerprint density at radius 1 is 1.22 bits per heavy atom. The molecule has 0 aromatic heterocycles. The molecular formula is C23H19Cl2N3O4. The van der Waals surface area contributed by atoms with Crippen LogP contribution in [0.2, 0.25) is 10.0 Å². The molecule has 0 saturated heterocycles. The molecule has 0 amide bonds. The highest BCUT2D eigenvalue weighted by molar-refractivity contribution is 6.48. The molecular weight excluding hydrogens is 453 g/mol. The van der Waals surface area contributed by atoms with Gasteiger partial charge in [0.05, 0.1) is 29.7 Å². The van der Waals surface area contributed by atoms with Gasteiger partial charge in [-0.1, -0.05) is 29.3 Å². The van der Waals surface area contributed by atoms with Gasteiger partial charge in [-0.05, 0) is 49.2 Å². The number of hydrogen-bond acceptors (Lipinski definition) is 7. The first kappa shape index (κ1) is 23.5. The van der Waals surface area contributed by atoms with Gasteiger partial charge in [-0.25, -0.2) is 0 Å². The number of rotatable bonds is 8. The maximum absolute atomic E-state index is 12.0. The number of Topliss-reactive ketones (excluding diaryl/α,β-unsaturated/α-hetero) is 1. The number of esters is 1. The molecule has 32 heavy (non-hydrogen) atoms. The van der Waals surface area contributed by atoms with Crippen LogP contribution in [0.5, 0.6) is 11.5 Å². The van der Waals surface area contributed by atoms with Crippen molar-refractivity contribution in [2.75, 3.05) is 6.61 Å². The molecule has 1 heterocycles. The standard InChI is InChI=1S/C23H19Cl2N3O4/c1-3-31-22(30)9-21(29)20(10-26)28-11-14-6-18(24)23(19(25)7-14)32-16-5-4-15-12-27-13(2)17(15)8-16/h4-8H,3,9,11-12H2,1-2H3. The van der Waals surface area contributed by atoms with Crippen LogP contribution in [0.25, 0.3) is 0 Å². The Kier molecular flexibility index (Phi) is 7.62. The molecule has 7 nitrogen and oxygen atoms in total. The molecule has 2 aromatic carbocycles. The van der Waals surface area contributed by atoms with E-state index in [2.05, 4.69) is 9.98 Å². The predicted molar refractivity (Wildman–Crippen MR) is 122 cm³/mol. The smallest absolute Gasteiger partial charge is 0.313 e. The van der Waals surface area contributed by atoms with E-state index in [-0.39, 0.29) is 34.7 Å². The molecule has 0 N–H and O–H groups in total. The summed E-state index contributed by atoms with van der Waals surface area (Å²) in [5.74, 6) is -0.557. The van der Waals surface area contributed by atoms with Crippen LogP contribution < -0.4 is 4.74 Å². The molecule has 2 aromatic rings. The number of aliphatic imine (C=N–C) groups is 2. The van der Waals surface area contributed by atoms with E-state index in [1.165, 1.54) is 0 Å². The zero-order valence-electron chi connectivity index (χ0n) is 17.4. The zero-order valence-corrected chi connectivity index (χ0v) is 19.0. The van der Waals surface area contributed by atoms with Crippen molar-refractivity contribution in [3.63, 3.8) is 0 Å². The third-order valence-electron chi connectivity index (χ3n) is 4.64. The van der Waals surface area contributed by atoms with Crippen molar-refractivity contribution in [3.05, 3.63) is 57.1 Å². The van der Waals surface area contributed by atoms with Crippen LogP contribution in [-0.2, 0) is 27.4 Å². The summed E-state index contributed by atoms with van der Waals surface area (Å²) < 4.78 is 10.6. The molecule has 164 valence electrons. The molecule has 9 heteroatoms. The number of halogens is 2. The van der Waals surface area contributed by atoms with Crippen LogP contribution in [0.3, 0.4) is 0 Å². The average Bonchev–Trinajstić information content (AvgIpc) is 3.11. The predicted octanol–water partition coefficient (Wildman–Crippen LogP) is 5.10. The SMILES string of the molecule is CCOC(=O)CC(=O)C(C#N)=NCc1cc(Cl)c(Oc2ccc3c(c2)C(C)=NC3)c(Cl)c1. The van der Waals surface area contributed by atoms with E-state index < -0.39 is 18.2 Å². The lowest BCUT2D eigenvalue weighted by atomic mass is 10.1. The third-order valence-corrected chi connectivity index (χ3v) is 5.20. The van der Waals surface area contributed by atoms with Gasteiger partial charge < -0.3 is 9.47 Å². The van der Waals surface area contributed by atoms with Crippen molar-refractivity contribution in [2.24, 2.45) is 9.98 Å². The summed E-state index contributed by atoms with van der Waals surface area (Å²) in [6.07, 6.45) is -0.542. The highest BCUT2D eigenvalue weighted by atomic mass is 35.5. The van der Waals surface area contributed by atoms with Crippen LogP contribution in [-0.4, -0.2) is 29.8 Å². The van der Waals surface area contributed by atoms with E-state index in [1.54, 1.807) is 25.1 Å². The van der Waals surface area contributed by atoms with E-state index in [9.17, 15) is 14.9 Å². The van der Waals surface area contributed by atoms with Gasteiger partial charge in [-0.3, -0.25) is 19.6 Å². The normalized spacial score (nSPS) is 12.6. The number of benzene rings is 2. The number of hydrogen-bond donors (Lipinski definition) is 0. The zero-order chi connectivity index (χ0) is 23.3. The maximum Gasteiger partial charge on any atom is 0.313 e. The summed E-state index contributed by atoms with van der Waals surface area (Å²) in [4.78, 5) is 31.9. The fourth-order valence-electron chi connectivity index (χ4n) is 3.08. The fraction of sp³-hybridized carbons (Fsp3) is 0.261. The van der Waals surface area contributed by atoms with E-state index in [0.29, 0.717) is 17.9 Å². The first-order valence-electron chi connectivity index (χ1n) is 9.75. The first-order chi connectivity index (χ1) is 15.3. The van der Waals surface area contributed by atoms with Crippen LogP contribution in [0.4, 0.5) is 0 Å². The largest absolute Gasteiger partial charge is 0.466 e. The number of nitriles is 1. The second kappa shape index (κ2) is 10.4. The van der Waals surface area contributed by atoms with Gasteiger partial charge in [-0.2, -0.15) is 5.26 Å². The van der Waals surface area contributed by atoms with Crippen LogP contribution in [0.1, 0.15) is 37.0 Å². The van der Waals surface area contributed by atoms with Crippen molar-refractivity contribution < 1.29 is 19.1 Å². The fourth-order valence-corrected chi connectivity index (χ4v) is 3.69. The number of carbonyl (C=O) groups is 2. The van der Waals surface area contributed by atoms with Crippen LogP contribution in [0, 0.1) is 11.3 Å². The molecule has 3 rings (SSSR count). The molecule has 0 spiro atoms. The number of carbonyl (C=O) groups excluding carboxylic acids is 2. The molecule has 1 aliphatic heterocycles. The summed E-state index contributed by atoms with van der Waals surface area (Å²) >= 11 is 12.7. The minimum absolute atomic E-state index is 0.0221. The quantitative estimate of drug-likeness (QED) is 0.303. The van der Waals surface area contributed by atoms with E-state index in [4.69, 9.17) is 32.7 Å². The Morgan fingerprint density at radius 3 is 2.59 bits per heavy atom. The Balaban J connectivity index is 1.74. The summed E-state index contributed by atoms with van der Waals surface area (Å²) in [6.45, 7) is 4.35. The molecule has 0 aliphatic carbocycles. The maximum atomic E-state index is 12.0. The average molecular weight is 472 g/mol. The Morgan fingerprint density at radius 2 is 1.94 bits per heavy atom. The summed E-state index contributed by atoms with van der Waals surface area (Å²) in [5, 5.41) is 9.69. The lowest BCUT2D eigenvalue weighted by molar-refractivity contribution is -0.144. The monoisotopic (exact) mass is 471 g/mol. The van der Waals surface area contributed by atoms with E-state index in [1.807, 2.05) is 25.1 Å². The van der Waals surface area contributed by atoms with E-state index in [0.717, 1.165) is 16.8 Å². The lowest BCUT2D eigenvalue weighted by Crippen LogP contribution is -2.18. The molecule has 0 saturated carbocycles. The second-order valence-electron chi connectivity index (χ2n) is 6.89. The number of ether oxygens (including phenoxy) is 2. The molecule has 0 unspecified atom stereocenters. The van der Waals surface area contributed by atoms with Crippen molar-refractivity contribution in [1.29, 1.82) is 5.26 Å². The summed E-state index contributed by atoms with van der Waals surface area (Å²) in [7, 11) is 0. The Labute approximate surface area is 195 Å². The minimum Gasteiger partial charge on any atom is -0.466 e. The number of fused-ring (bicyclic) bond motifs is 1. The van der Waals surface area contributed by atoms with Gasteiger partial charge >= 0.3 is 5.97 Å². The van der Waals surface area contributed by atoms with Gasteiger partial charge in [0, 0.05) is 11.3 Å². The van der Waals surface area contributed by atoms with Gasteiger partial charge in [-0.15, -0.1) is 0 Å². The molecule has 0 fully saturated rings. The highest BCUT2D eigenvalue weighted by Crippen LogP contribution is 2.38. The van der Waals surface area contributed by atoms with Gasteiger partial charge in [0.1, 0.15) is 18.2 Å². The molecule has 1 aliphatic rings. The highest BCUT2D eigenvalue weighted by Gasteiger charge is 2.18. The van der Waals surface area contributed by atoms with Crippen molar-refractivity contribution in [1.82, 2.24) is 0 Å². The topological polar surface area (TPSA) is 101 Å². The Bertz CT molecular complexity index is 1160. The first-order valence-corrected chi connectivity index (χ1v) is 10.5. The Hall–Kier alpha value is -3.21. The number of ketones is 1. The van der Waals surface area contributed by atoms with Gasteiger partial charge in [0.2, 0.25) is 5.78 Å².